The van der Waals surface area contributed by atoms with Crippen molar-refractivity contribution in [2.24, 2.45) is 0 Å². The smallest absolute Gasteiger partial charge is 0.163 e. The fourth-order valence-electron chi connectivity index (χ4n) is 3.91. The summed E-state index contributed by atoms with van der Waals surface area (Å²) in [5.41, 5.74) is 1.26. The fourth-order valence-corrected chi connectivity index (χ4v) is 3.91. The molecule has 28 heavy (non-hydrogen) atoms. The lowest BCUT2D eigenvalue weighted by Gasteiger charge is -2.32. The summed E-state index contributed by atoms with van der Waals surface area (Å²) in [5.74, 6) is -3.02. The minimum atomic E-state index is -0.864. The first-order valence-electron chi connectivity index (χ1n) is 9.17. The minimum Gasteiger partial charge on any atom is -0.298 e. The van der Waals surface area contributed by atoms with Gasteiger partial charge < -0.3 is 0 Å². The van der Waals surface area contributed by atoms with Crippen LogP contribution in [0.1, 0.15) is 30.0 Å². The fraction of sp³-hybridized carbons (Fsp3) is 0.286. The Kier molecular flexibility index (Phi) is 5.17. The summed E-state index contributed by atoms with van der Waals surface area (Å²) in [6.07, 6.45) is 3.08. The quantitative estimate of drug-likeness (QED) is 0.636. The number of hydrogen-bond donors (Lipinski definition) is 1. The summed E-state index contributed by atoms with van der Waals surface area (Å²) >= 11 is 0. The van der Waals surface area contributed by atoms with Crippen LogP contribution in [0.3, 0.4) is 0 Å². The summed E-state index contributed by atoms with van der Waals surface area (Å²) in [6, 6.07) is 7.91. The molecule has 0 bridgehead atoms. The van der Waals surface area contributed by atoms with Crippen molar-refractivity contribution in [1.82, 2.24) is 15.1 Å². The van der Waals surface area contributed by atoms with Gasteiger partial charge in [0.05, 0.1) is 11.8 Å². The predicted octanol–water partition coefficient (Wildman–Crippen LogP) is 5.01. The van der Waals surface area contributed by atoms with Crippen LogP contribution in [0.25, 0.3) is 11.1 Å². The normalized spacial score (nSPS) is 17.8. The summed E-state index contributed by atoms with van der Waals surface area (Å²) in [4.78, 5) is 2.02. The number of halogens is 4. The van der Waals surface area contributed by atoms with Crippen molar-refractivity contribution < 1.29 is 17.6 Å². The number of aromatic amines is 1. The van der Waals surface area contributed by atoms with E-state index in [4.69, 9.17) is 0 Å². The van der Waals surface area contributed by atoms with Crippen LogP contribution in [0.2, 0.25) is 0 Å². The lowest BCUT2D eigenvalue weighted by Crippen LogP contribution is -2.34. The molecule has 1 aliphatic heterocycles. The molecule has 1 fully saturated rings. The molecule has 0 unspecified atom stereocenters. The molecule has 1 aromatic heterocycles. The van der Waals surface area contributed by atoms with Gasteiger partial charge in [-0.3, -0.25) is 10.00 Å². The molecule has 3 nitrogen and oxygen atoms in total. The van der Waals surface area contributed by atoms with E-state index in [1.807, 2.05) is 4.90 Å². The van der Waals surface area contributed by atoms with E-state index in [0.717, 1.165) is 25.5 Å². The van der Waals surface area contributed by atoms with Crippen molar-refractivity contribution in [1.29, 1.82) is 0 Å². The minimum absolute atomic E-state index is 0.0399. The Morgan fingerprint density at radius 2 is 1.71 bits per heavy atom. The average Bonchev–Trinajstić information content (AvgIpc) is 3.15. The molecule has 2 aromatic carbocycles. The van der Waals surface area contributed by atoms with Gasteiger partial charge in [-0.25, -0.2) is 17.6 Å². The second-order valence-corrected chi connectivity index (χ2v) is 7.08. The third-order valence-electron chi connectivity index (χ3n) is 5.24. The maximum absolute atomic E-state index is 14.2. The first-order chi connectivity index (χ1) is 13.5. The number of likely N-dealkylation sites (tertiary alicyclic amines) is 1. The van der Waals surface area contributed by atoms with Crippen LogP contribution in [0.15, 0.2) is 42.6 Å². The van der Waals surface area contributed by atoms with Crippen molar-refractivity contribution in [3.8, 4) is 11.1 Å². The second-order valence-electron chi connectivity index (χ2n) is 7.08. The Morgan fingerprint density at radius 3 is 2.50 bits per heavy atom. The van der Waals surface area contributed by atoms with Crippen molar-refractivity contribution >= 4 is 0 Å². The summed E-state index contributed by atoms with van der Waals surface area (Å²) < 4.78 is 55.9. The summed E-state index contributed by atoms with van der Waals surface area (Å²) in [6.45, 7) is 1.57. The van der Waals surface area contributed by atoms with Crippen molar-refractivity contribution in [3.05, 3.63) is 77.1 Å². The third kappa shape index (κ3) is 3.54. The molecule has 1 N–H and O–H groups in total. The largest absolute Gasteiger partial charge is 0.298 e. The van der Waals surface area contributed by atoms with Gasteiger partial charge in [0.1, 0.15) is 11.6 Å². The van der Waals surface area contributed by atoms with E-state index >= 15 is 0 Å². The van der Waals surface area contributed by atoms with Gasteiger partial charge in [-0.15, -0.1) is 0 Å². The van der Waals surface area contributed by atoms with E-state index in [1.165, 1.54) is 30.5 Å². The van der Waals surface area contributed by atoms with Crippen molar-refractivity contribution in [2.45, 2.75) is 25.3 Å². The standard InChI is InChI=1S/C21H19F4N3/c22-16-6-2-7-17(23)19(16)15-10-26-27-21(15)14-5-3-9-28(12-14)11-13-4-1-8-18(24)20(13)25/h1-2,4,6-8,10,14H,3,5,9,11-12H2,(H,26,27)/t14-/m0/s1. The highest BCUT2D eigenvalue weighted by Crippen LogP contribution is 2.35. The molecule has 146 valence electrons. The van der Waals surface area contributed by atoms with Gasteiger partial charge in [0.2, 0.25) is 0 Å². The van der Waals surface area contributed by atoms with Gasteiger partial charge in [0.15, 0.2) is 11.6 Å². The molecular formula is C21H19F4N3. The Labute approximate surface area is 160 Å². The first kappa shape index (κ1) is 18.7. The zero-order valence-corrected chi connectivity index (χ0v) is 15.1. The number of nitrogens with zero attached hydrogens (tertiary/aromatic N) is 2. The van der Waals surface area contributed by atoms with Crippen LogP contribution in [-0.2, 0) is 6.54 Å². The second kappa shape index (κ2) is 7.75. The Hall–Kier alpha value is -2.67. The van der Waals surface area contributed by atoms with Crippen LogP contribution in [0, 0.1) is 23.3 Å². The topological polar surface area (TPSA) is 31.9 Å². The number of benzene rings is 2. The van der Waals surface area contributed by atoms with Crippen LogP contribution in [0.5, 0.6) is 0 Å². The molecule has 1 saturated heterocycles. The lowest BCUT2D eigenvalue weighted by molar-refractivity contribution is 0.196. The molecule has 7 heteroatoms. The van der Waals surface area contributed by atoms with E-state index in [2.05, 4.69) is 10.2 Å². The van der Waals surface area contributed by atoms with Crippen LogP contribution < -0.4 is 0 Å². The van der Waals surface area contributed by atoms with Crippen molar-refractivity contribution in [3.63, 3.8) is 0 Å². The number of aromatic nitrogens is 2. The number of H-pyrrole nitrogens is 1. The summed E-state index contributed by atoms with van der Waals surface area (Å²) in [5, 5.41) is 6.89. The molecule has 1 aliphatic rings. The van der Waals surface area contributed by atoms with Gasteiger partial charge in [-0.05, 0) is 37.6 Å². The lowest BCUT2D eigenvalue weighted by atomic mass is 9.90. The highest BCUT2D eigenvalue weighted by molar-refractivity contribution is 5.67. The van der Waals surface area contributed by atoms with Crippen LogP contribution >= 0.6 is 0 Å². The van der Waals surface area contributed by atoms with Gasteiger partial charge in [-0.2, -0.15) is 5.10 Å². The number of hydrogen-bond acceptors (Lipinski definition) is 2. The highest BCUT2D eigenvalue weighted by Gasteiger charge is 2.27. The van der Waals surface area contributed by atoms with Crippen LogP contribution in [-0.4, -0.2) is 28.2 Å². The molecule has 0 aliphatic carbocycles. The molecule has 0 amide bonds. The van der Waals surface area contributed by atoms with Crippen LogP contribution in [0.4, 0.5) is 17.6 Å². The average molecular weight is 389 g/mol. The Balaban J connectivity index is 1.58. The Bertz CT molecular complexity index is 965. The van der Waals surface area contributed by atoms with E-state index in [1.54, 1.807) is 6.07 Å². The molecule has 0 spiro atoms. The first-order valence-corrected chi connectivity index (χ1v) is 9.17. The molecular weight excluding hydrogens is 370 g/mol. The Morgan fingerprint density at radius 1 is 1.00 bits per heavy atom. The molecule has 1 atom stereocenters. The van der Waals surface area contributed by atoms with E-state index in [-0.39, 0.29) is 18.0 Å². The summed E-state index contributed by atoms with van der Waals surface area (Å²) in [7, 11) is 0. The highest BCUT2D eigenvalue weighted by atomic mass is 19.2. The zero-order chi connectivity index (χ0) is 19.7. The van der Waals surface area contributed by atoms with Gasteiger partial charge in [-0.1, -0.05) is 18.2 Å². The molecule has 4 rings (SSSR count). The van der Waals surface area contributed by atoms with Gasteiger partial charge >= 0.3 is 0 Å². The maximum atomic E-state index is 14.2. The maximum Gasteiger partial charge on any atom is 0.163 e. The number of rotatable bonds is 4. The molecule has 2 heterocycles. The van der Waals surface area contributed by atoms with E-state index < -0.39 is 23.3 Å². The van der Waals surface area contributed by atoms with Gasteiger partial charge in [0, 0.05) is 35.8 Å². The predicted molar refractivity (Wildman–Crippen MR) is 97.5 cm³/mol. The molecule has 0 saturated carbocycles. The van der Waals surface area contributed by atoms with Crippen molar-refractivity contribution in [2.75, 3.05) is 13.1 Å². The number of piperidine rings is 1. The van der Waals surface area contributed by atoms with Gasteiger partial charge in [0.25, 0.3) is 0 Å². The number of nitrogens with one attached hydrogen (secondary N) is 1. The molecule has 0 radical (unpaired) electrons. The molecule has 3 aromatic rings. The van der Waals surface area contributed by atoms with E-state index in [9.17, 15) is 17.6 Å². The third-order valence-corrected chi connectivity index (χ3v) is 5.24. The zero-order valence-electron chi connectivity index (χ0n) is 15.1. The monoisotopic (exact) mass is 389 g/mol. The SMILES string of the molecule is Fc1cccc(CN2CCC[C@H](c3[nH]ncc3-c3c(F)cccc3F)C2)c1F. The van der Waals surface area contributed by atoms with E-state index in [0.29, 0.717) is 23.4 Å².